The summed E-state index contributed by atoms with van der Waals surface area (Å²) in [5, 5.41) is 19.3. The lowest BCUT2D eigenvalue weighted by Crippen LogP contribution is -1.95. The van der Waals surface area contributed by atoms with Gasteiger partial charge < -0.3 is 10.1 Å². The molecule has 3 aromatic rings. The predicted molar refractivity (Wildman–Crippen MR) is 84.8 cm³/mol. The first-order chi connectivity index (χ1) is 10.2. The summed E-state index contributed by atoms with van der Waals surface area (Å²) < 4.78 is 5.39. The molecule has 0 radical (unpaired) electrons. The van der Waals surface area contributed by atoms with Crippen LogP contribution in [0.1, 0.15) is 0 Å². The zero-order valence-electron chi connectivity index (χ0n) is 11.2. The third kappa shape index (κ3) is 2.53. The number of thiophene rings is 1. The maximum absolute atomic E-state index is 11.0. The SMILES string of the molecule is COc1cc(Nc2cscc2[N+](=O)[O-])cc2ccccc12. The summed E-state index contributed by atoms with van der Waals surface area (Å²) in [7, 11) is 1.61. The summed E-state index contributed by atoms with van der Waals surface area (Å²) in [6.07, 6.45) is 0. The fourth-order valence-electron chi connectivity index (χ4n) is 2.20. The van der Waals surface area contributed by atoms with Gasteiger partial charge in [-0.15, -0.1) is 11.3 Å². The van der Waals surface area contributed by atoms with Gasteiger partial charge in [0.05, 0.1) is 17.4 Å². The van der Waals surface area contributed by atoms with E-state index in [2.05, 4.69) is 5.32 Å². The molecular formula is C15H12N2O3S. The van der Waals surface area contributed by atoms with Gasteiger partial charge in [0.1, 0.15) is 11.4 Å². The molecule has 0 saturated heterocycles. The molecule has 0 aliphatic rings. The molecule has 1 aromatic heterocycles. The fourth-order valence-corrected chi connectivity index (χ4v) is 2.92. The lowest BCUT2D eigenvalue weighted by Gasteiger charge is -2.10. The van der Waals surface area contributed by atoms with Crippen molar-refractivity contribution in [2.24, 2.45) is 0 Å². The summed E-state index contributed by atoms with van der Waals surface area (Å²) in [6, 6.07) is 11.6. The first kappa shape index (κ1) is 13.4. The number of nitrogens with zero attached hydrogens (tertiary/aromatic N) is 1. The fraction of sp³-hybridized carbons (Fsp3) is 0.0667. The highest BCUT2D eigenvalue weighted by atomic mass is 32.1. The number of anilines is 2. The summed E-state index contributed by atoms with van der Waals surface area (Å²) in [5.41, 5.74) is 1.32. The number of ether oxygens (including phenoxy) is 1. The van der Waals surface area contributed by atoms with Crippen LogP contribution in [0.4, 0.5) is 17.1 Å². The van der Waals surface area contributed by atoms with E-state index in [1.165, 1.54) is 16.7 Å². The second-order valence-electron chi connectivity index (χ2n) is 4.45. The molecule has 2 aromatic carbocycles. The average Bonchev–Trinajstić information content (AvgIpc) is 2.94. The number of methoxy groups -OCH3 is 1. The van der Waals surface area contributed by atoms with Crippen molar-refractivity contribution in [2.75, 3.05) is 12.4 Å². The van der Waals surface area contributed by atoms with Gasteiger partial charge >= 0.3 is 5.69 Å². The number of nitrogens with one attached hydrogen (secondary N) is 1. The van der Waals surface area contributed by atoms with Gasteiger partial charge in [-0.05, 0) is 11.5 Å². The topological polar surface area (TPSA) is 64.4 Å². The third-order valence-electron chi connectivity index (χ3n) is 3.16. The van der Waals surface area contributed by atoms with Crippen LogP contribution in [-0.4, -0.2) is 12.0 Å². The van der Waals surface area contributed by atoms with Crippen molar-refractivity contribution in [2.45, 2.75) is 0 Å². The van der Waals surface area contributed by atoms with Crippen LogP contribution in [0.15, 0.2) is 47.2 Å². The number of hydrogen-bond donors (Lipinski definition) is 1. The smallest absolute Gasteiger partial charge is 0.303 e. The second kappa shape index (κ2) is 5.41. The maximum atomic E-state index is 11.0. The Hall–Kier alpha value is -2.60. The Morgan fingerprint density at radius 2 is 2.05 bits per heavy atom. The van der Waals surface area contributed by atoms with E-state index >= 15 is 0 Å². The van der Waals surface area contributed by atoms with E-state index < -0.39 is 4.92 Å². The Balaban J connectivity index is 2.05. The largest absolute Gasteiger partial charge is 0.496 e. The Labute approximate surface area is 124 Å². The van der Waals surface area contributed by atoms with Gasteiger partial charge in [-0.2, -0.15) is 0 Å². The minimum Gasteiger partial charge on any atom is -0.496 e. The molecule has 5 nitrogen and oxygen atoms in total. The monoisotopic (exact) mass is 300 g/mol. The van der Waals surface area contributed by atoms with Crippen LogP contribution in [0.3, 0.4) is 0 Å². The molecule has 0 unspecified atom stereocenters. The number of fused-ring (bicyclic) bond motifs is 1. The zero-order valence-corrected chi connectivity index (χ0v) is 12.0. The Morgan fingerprint density at radius 1 is 1.24 bits per heavy atom. The van der Waals surface area contributed by atoms with Crippen molar-refractivity contribution in [3.05, 3.63) is 57.3 Å². The van der Waals surface area contributed by atoms with Crippen molar-refractivity contribution in [1.29, 1.82) is 0 Å². The molecule has 0 fully saturated rings. The molecule has 0 atom stereocenters. The van der Waals surface area contributed by atoms with Gasteiger partial charge in [-0.25, -0.2) is 0 Å². The summed E-state index contributed by atoms with van der Waals surface area (Å²) >= 11 is 1.29. The third-order valence-corrected chi connectivity index (χ3v) is 3.89. The Morgan fingerprint density at radius 3 is 2.81 bits per heavy atom. The quantitative estimate of drug-likeness (QED) is 0.566. The van der Waals surface area contributed by atoms with E-state index in [-0.39, 0.29) is 5.69 Å². The molecule has 6 heteroatoms. The summed E-state index contributed by atoms with van der Waals surface area (Å²) in [4.78, 5) is 10.6. The summed E-state index contributed by atoms with van der Waals surface area (Å²) in [5.74, 6) is 0.730. The van der Waals surface area contributed by atoms with Crippen LogP contribution in [0.25, 0.3) is 10.8 Å². The van der Waals surface area contributed by atoms with E-state index in [9.17, 15) is 10.1 Å². The van der Waals surface area contributed by atoms with E-state index in [1.807, 2.05) is 36.4 Å². The van der Waals surface area contributed by atoms with Crippen molar-refractivity contribution >= 4 is 39.2 Å². The highest BCUT2D eigenvalue weighted by Gasteiger charge is 2.15. The van der Waals surface area contributed by atoms with Crippen LogP contribution in [0.2, 0.25) is 0 Å². The first-order valence-electron chi connectivity index (χ1n) is 6.23. The number of rotatable bonds is 4. The molecule has 0 aliphatic heterocycles. The number of nitro groups is 1. The molecular weight excluding hydrogens is 288 g/mol. The van der Waals surface area contributed by atoms with Crippen molar-refractivity contribution in [3.8, 4) is 5.75 Å². The molecule has 1 N–H and O–H groups in total. The lowest BCUT2D eigenvalue weighted by molar-refractivity contribution is -0.383. The van der Waals surface area contributed by atoms with Gasteiger partial charge in [0.15, 0.2) is 0 Å². The van der Waals surface area contributed by atoms with E-state index in [0.717, 1.165) is 22.2 Å². The van der Waals surface area contributed by atoms with E-state index in [1.54, 1.807) is 12.5 Å². The van der Waals surface area contributed by atoms with Crippen LogP contribution >= 0.6 is 11.3 Å². The van der Waals surface area contributed by atoms with Gasteiger partial charge in [0.2, 0.25) is 0 Å². The second-order valence-corrected chi connectivity index (χ2v) is 5.20. The van der Waals surface area contributed by atoms with Gasteiger partial charge in [0, 0.05) is 22.5 Å². The lowest BCUT2D eigenvalue weighted by atomic mass is 10.1. The minimum atomic E-state index is -0.392. The molecule has 0 spiro atoms. The Bertz CT molecular complexity index is 814. The normalized spacial score (nSPS) is 10.5. The van der Waals surface area contributed by atoms with E-state index in [4.69, 9.17) is 4.74 Å². The first-order valence-corrected chi connectivity index (χ1v) is 7.17. The molecule has 0 bridgehead atoms. The molecule has 1 heterocycles. The maximum Gasteiger partial charge on any atom is 0.303 e. The molecule has 106 valence electrons. The van der Waals surface area contributed by atoms with Crippen LogP contribution in [0.5, 0.6) is 5.75 Å². The van der Waals surface area contributed by atoms with Crippen LogP contribution in [0, 0.1) is 10.1 Å². The average molecular weight is 300 g/mol. The number of hydrogen-bond acceptors (Lipinski definition) is 5. The van der Waals surface area contributed by atoms with Crippen molar-refractivity contribution in [3.63, 3.8) is 0 Å². The zero-order chi connectivity index (χ0) is 14.8. The van der Waals surface area contributed by atoms with Gasteiger partial charge in [-0.1, -0.05) is 24.3 Å². The van der Waals surface area contributed by atoms with Crippen LogP contribution in [-0.2, 0) is 0 Å². The van der Waals surface area contributed by atoms with Crippen LogP contribution < -0.4 is 10.1 Å². The minimum absolute atomic E-state index is 0.0760. The van der Waals surface area contributed by atoms with E-state index in [0.29, 0.717) is 5.69 Å². The van der Waals surface area contributed by atoms with Gasteiger partial charge in [0.25, 0.3) is 0 Å². The van der Waals surface area contributed by atoms with Crippen molar-refractivity contribution in [1.82, 2.24) is 0 Å². The Kier molecular flexibility index (Phi) is 3.45. The molecule has 0 amide bonds. The molecule has 3 rings (SSSR count). The number of benzene rings is 2. The molecule has 0 aliphatic carbocycles. The molecule has 21 heavy (non-hydrogen) atoms. The highest BCUT2D eigenvalue weighted by molar-refractivity contribution is 7.08. The predicted octanol–water partition coefficient (Wildman–Crippen LogP) is 4.56. The van der Waals surface area contributed by atoms with Crippen molar-refractivity contribution < 1.29 is 9.66 Å². The van der Waals surface area contributed by atoms with Gasteiger partial charge in [-0.3, -0.25) is 10.1 Å². The molecule has 0 saturated carbocycles. The highest BCUT2D eigenvalue weighted by Crippen LogP contribution is 2.35. The summed E-state index contributed by atoms with van der Waals surface area (Å²) in [6.45, 7) is 0. The standard InChI is InChI=1S/C15H12N2O3S/c1-20-15-7-11(6-10-4-2-3-5-12(10)15)16-13-8-21-9-14(13)17(18)19/h2-9,16H,1H3.